The maximum absolute atomic E-state index is 10.3. The summed E-state index contributed by atoms with van der Waals surface area (Å²) in [4.78, 5) is 4.45. The zero-order valence-corrected chi connectivity index (χ0v) is 11.3. The van der Waals surface area contributed by atoms with E-state index in [0.717, 1.165) is 11.1 Å². The molecule has 2 aromatic carbocycles. The van der Waals surface area contributed by atoms with Gasteiger partial charge in [-0.1, -0.05) is 48.5 Å². The molecule has 0 saturated heterocycles. The van der Waals surface area contributed by atoms with Gasteiger partial charge in [-0.15, -0.1) is 0 Å². The van der Waals surface area contributed by atoms with E-state index >= 15 is 0 Å². The standard InChI is InChI=1S/C17H17NO2/c1-12-15(19)16(13-8-4-2-5-9-13)20-17(18-12)14-10-6-3-7-11-14/h2-12,15-16,19H,1H3. The third-order valence-electron chi connectivity index (χ3n) is 3.51. The van der Waals surface area contributed by atoms with Crippen molar-refractivity contribution in [3.8, 4) is 0 Å². The van der Waals surface area contributed by atoms with Crippen molar-refractivity contribution in [2.45, 2.75) is 25.2 Å². The summed E-state index contributed by atoms with van der Waals surface area (Å²) in [6.07, 6.45) is -1.01. The second-order valence-electron chi connectivity index (χ2n) is 4.98. The first-order valence-corrected chi connectivity index (χ1v) is 6.78. The Hall–Kier alpha value is -2.13. The van der Waals surface area contributed by atoms with Crippen LogP contribution in [0.1, 0.15) is 24.2 Å². The van der Waals surface area contributed by atoms with Crippen LogP contribution in [0.4, 0.5) is 0 Å². The lowest BCUT2D eigenvalue weighted by molar-refractivity contribution is 0.00107. The van der Waals surface area contributed by atoms with Crippen LogP contribution in [0, 0.1) is 0 Å². The third-order valence-corrected chi connectivity index (χ3v) is 3.51. The van der Waals surface area contributed by atoms with Crippen LogP contribution >= 0.6 is 0 Å². The van der Waals surface area contributed by atoms with Gasteiger partial charge in [0.15, 0.2) is 6.10 Å². The number of aliphatic hydroxyl groups excluding tert-OH is 1. The predicted octanol–water partition coefficient (Wildman–Crippen LogP) is 2.95. The van der Waals surface area contributed by atoms with Gasteiger partial charge < -0.3 is 9.84 Å². The number of hydrogen-bond donors (Lipinski definition) is 1. The van der Waals surface area contributed by atoms with E-state index in [-0.39, 0.29) is 12.1 Å². The van der Waals surface area contributed by atoms with Gasteiger partial charge in [0.2, 0.25) is 5.90 Å². The minimum Gasteiger partial charge on any atom is -0.466 e. The van der Waals surface area contributed by atoms with Crippen LogP contribution < -0.4 is 0 Å². The van der Waals surface area contributed by atoms with Gasteiger partial charge in [0.1, 0.15) is 6.10 Å². The highest BCUT2D eigenvalue weighted by atomic mass is 16.5. The average molecular weight is 267 g/mol. The molecule has 2 aromatic rings. The van der Waals surface area contributed by atoms with Gasteiger partial charge in [0, 0.05) is 5.56 Å². The molecule has 1 aliphatic rings. The monoisotopic (exact) mass is 267 g/mol. The molecule has 0 spiro atoms. The Morgan fingerprint density at radius 2 is 1.55 bits per heavy atom. The van der Waals surface area contributed by atoms with Crippen molar-refractivity contribution < 1.29 is 9.84 Å². The van der Waals surface area contributed by atoms with E-state index in [1.165, 1.54) is 0 Å². The molecule has 1 aliphatic heterocycles. The molecule has 3 atom stereocenters. The molecule has 1 N–H and O–H groups in total. The molecule has 3 rings (SSSR count). The molecule has 0 bridgehead atoms. The molecule has 102 valence electrons. The molecule has 0 fully saturated rings. The fraction of sp³-hybridized carbons (Fsp3) is 0.235. The molecule has 0 aromatic heterocycles. The highest BCUT2D eigenvalue weighted by Crippen LogP contribution is 2.29. The van der Waals surface area contributed by atoms with Crippen molar-refractivity contribution in [2.24, 2.45) is 4.99 Å². The Balaban J connectivity index is 1.94. The molecular formula is C17H17NO2. The first-order valence-electron chi connectivity index (χ1n) is 6.78. The van der Waals surface area contributed by atoms with E-state index in [0.29, 0.717) is 5.90 Å². The summed E-state index contributed by atoms with van der Waals surface area (Å²) < 4.78 is 5.94. The molecule has 3 nitrogen and oxygen atoms in total. The number of aliphatic hydroxyl groups is 1. The molecule has 3 unspecified atom stereocenters. The second kappa shape index (κ2) is 5.47. The fourth-order valence-corrected chi connectivity index (χ4v) is 2.37. The molecule has 0 amide bonds. The van der Waals surface area contributed by atoms with E-state index in [1.54, 1.807) is 0 Å². The van der Waals surface area contributed by atoms with Crippen molar-refractivity contribution in [2.75, 3.05) is 0 Å². The number of nitrogens with zero attached hydrogens (tertiary/aromatic N) is 1. The Kier molecular flexibility index (Phi) is 3.52. The summed E-state index contributed by atoms with van der Waals surface area (Å²) in [6.45, 7) is 1.91. The lowest BCUT2D eigenvalue weighted by atomic mass is 9.98. The highest BCUT2D eigenvalue weighted by molar-refractivity contribution is 5.94. The summed E-state index contributed by atoms with van der Waals surface area (Å²) in [6, 6.07) is 19.4. The predicted molar refractivity (Wildman–Crippen MR) is 78.7 cm³/mol. The molecule has 20 heavy (non-hydrogen) atoms. The number of aliphatic imine (C=N–C) groups is 1. The number of rotatable bonds is 2. The van der Waals surface area contributed by atoms with Crippen molar-refractivity contribution in [3.63, 3.8) is 0 Å². The second-order valence-corrected chi connectivity index (χ2v) is 4.98. The Bertz CT molecular complexity index is 595. The van der Waals surface area contributed by atoms with Crippen molar-refractivity contribution in [3.05, 3.63) is 71.8 Å². The van der Waals surface area contributed by atoms with Crippen molar-refractivity contribution >= 4 is 5.90 Å². The smallest absolute Gasteiger partial charge is 0.217 e. The van der Waals surface area contributed by atoms with Gasteiger partial charge in [0.25, 0.3) is 0 Å². The maximum Gasteiger partial charge on any atom is 0.217 e. The zero-order valence-electron chi connectivity index (χ0n) is 11.3. The van der Waals surface area contributed by atoms with Gasteiger partial charge in [-0.3, -0.25) is 0 Å². The van der Waals surface area contributed by atoms with E-state index in [2.05, 4.69) is 4.99 Å². The summed E-state index contributed by atoms with van der Waals surface area (Å²) in [7, 11) is 0. The summed E-state index contributed by atoms with van der Waals surface area (Å²) in [5.41, 5.74) is 1.90. The van der Waals surface area contributed by atoms with Crippen molar-refractivity contribution in [1.29, 1.82) is 0 Å². The van der Waals surface area contributed by atoms with E-state index < -0.39 is 6.10 Å². The van der Waals surface area contributed by atoms with Crippen LogP contribution in [-0.2, 0) is 4.74 Å². The fourth-order valence-electron chi connectivity index (χ4n) is 2.37. The minimum atomic E-state index is -0.634. The van der Waals surface area contributed by atoms with E-state index in [4.69, 9.17) is 4.74 Å². The molecular weight excluding hydrogens is 250 g/mol. The van der Waals surface area contributed by atoms with E-state index in [1.807, 2.05) is 67.6 Å². The maximum atomic E-state index is 10.3. The van der Waals surface area contributed by atoms with Gasteiger partial charge in [-0.25, -0.2) is 4.99 Å². The number of hydrogen-bond acceptors (Lipinski definition) is 3. The first-order chi connectivity index (χ1) is 9.75. The third kappa shape index (κ3) is 2.45. The van der Waals surface area contributed by atoms with Gasteiger partial charge >= 0.3 is 0 Å². The summed E-state index contributed by atoms with van der Waals surface area (Å²) in [5, 5.41) is 10.3. The van der Waals surface area contributed by atoms with Crippen molar-refractivity contribution in [1.82, 2.24) is 0 Å². The van der Waals surface area contributed by atoms with Gasteiger partial charge in [-0.05, 0) is 24.6 Å². The quantitative estimate of drug-likeness (QED) is 0.909. The Morgan fingerprint density at radius 1 is 0.950 bits per heavy atom. The molecule has 0 saturated carbocycles. The van der Waals surface area contributed by atoms with Crippen LogP contribution in [0.5, 0.6) is 0 Å². The largest absolute Gasteiger partial charge is 0.466 e. The molecule has 3 heteroatoms. The molecule has 0 aliphatic carbocycles. The van der Waals surface area contributed by atoms with Crippen LogP contribution in [0.3, 0.4) is 0 Å². The zero-order chi connectivity index (χ0) is 13.9. The summed E-state index contributed by atoms with van der Waals surface area (Å²) >= 11 is 0. The van der Waals surface area contributed by atoms with Crippen LogP contribution in [-0.4, -0.2) is 23.2 Å². The van der Waals surface area contributed by atoms with Crippen LogP contribution in [0.2, 0.25) is 0 Å². The number of ether oxygens (including phenoxy) is 1. The average Bonchev–Trinajstić information content (AvgIpc) is 2.51. The minimum absolute atomic E-state index is 0.191. The molecule has 0 radical (unpaired) electrons. The lowest BCUT2D eigenvalue weighted by Crippen LogP contribution is -2.37. The topological polar surface area (TPSA) is 41.8 Å². The highest BCUT2D eigenvalue weighted by Gasteiger charge is 2.33. The lowest BCUT2D eigenvalue weighted by Gasteiger charge is -2.32. The SMILES string of the molecule is CC1N=C(c2ccccc2)OC(c2ccccc2)C1O. The van der Waals surface area contributed by atoms with Gasteiger partial charge in [0.05, 0.1) is 6.04 Å². The van der Waals surface area contributed by atoms with E-state index in [9.17, 15) is 5.11 Å². The Morgan fingerprint density at radius 3 is 2.20 bits per heavy atom. The molecule has 1 heterocycles. The Labute approximate surface area is 118 Å². The summed E-state index contributed by atoms with van der Waals surface area (Å²) in [5.74, 6) is 0.595. The number of benzene rings is 2. The van der Waals surface area contributed by atoms with Crippen LogP contribution in [0.25, 0.3) is 0 Å². The normalized spacial score (nSPS) is 25.7. The first kappa shape index (κ1) is 12.9. The van der Waals surface area contributed by atoms with Gasteiger partial charge in [-0.2, -0.15) is 0 Å². The van der Waals surface area contributed by atoms with Crippen LogP contribution in [0.15, 0.2) is 65.7 Å².